The summed E-state index contributed by atoms with van der Waals surface area (Å²) in [5.41, 5.74) is 0. The summed E-state index contributed by atoms with van der Waals surface area (Å²) in [7, 11) is 0. The molecule has 1 nitrogen and oxygen atoms in total. The van der Waals surface area contributed by atoms with Crippen molar-refractivity contribution in [2.75, 3.05) is 0 Å². The van der Waals surface area contributed by atoms with E-state index in [2.05, 4.69) is 19.7 Å². The molecular weight excluding hydrogens is 312 g/mol. The van der Waals surface area contributed by atoms with Gasteiger partial charge < -0.3 is 4.74 Å². The van der Waals surface area contributed by atoms with Crippen molar-refractivity contribution in [2.45, 2.75) is 31.8 Å². The summed E-state index contributed by atoms with van der Waals surface area (Å²) in [6.45, 7) is 0. The van der Waals surface area contributed by atoms with Crippen molar-refractivity contribution < 1.29 is 25.5 Å². The van der Waals surface area contributed by atoms with Crippen LogP contribution in [0.5, 0.6) is 5.75 Å². The zero-order valence-corrected chi connectivity index (χ0v) is 13.1. The molecule has 1 saturated carbocycles. The summed E-state index contributed by atoms with van der Waals surface area (Å²) < 4.78 is 18.6. The molecule has 1 aliphatic rings. The van der Waals surface area contributed by atoms with Gasteiger partial charge in [0, 0.05) is 11.6 Å². The molecule has 0 saturated heterocycles. The summed E-state index contributed by atoms with van der Waals surface area (Å²) >= 11 is 4.25. The molecule has 0 aromatic heterocycles. The third-order valence-electron chi connectivity index (χ3n) is 2.37. The second-order valence-corrected chi connectivity index (χ2v) is 3.38. The van der Waals surface area contributed by atoms with Crippen LogP contribution in [0.4, 0.5) is 4.39 Å². The molecule has 0 bridgehead atoms. The fraction of sp³-hybridized carbons (Fsp3) is 0.455. The van der Waals surface area contributed by atoms with Gasteiger partial charge in [-0.2, -0.15) is 12.1 Å². The average Bonchev–Trinajstić information content (AvgIpc) is 2.77. The van der Waals surface area contributed by atoms with Gasteiger partial charge in [-0.25, -0.2) is 0 Å². The van der Waals surface area contributed by atoms with Crippen molar-refractivity contribution in [3.8, 4) is 5.75 Å². The van der Waals surface area contributed by atoms with E-state index in [0.717, 1.165) is 12.8 Å². The Morgan fingerprint density at radius 3 is 2.67 bits per heavy atom. The Bertz CT molecular complexity index is 290. The fourth-order valence-electron chi connectivity index (χ4n) is 1.68. The Labute approximate surface area is 106 Å². The van der Waals surface area contributed by atoms with E-state index in [4.69, 9.17) is 4.74 Å². The van der Waals surface area contributed by atoms with Gasteiger partial charge in [-0.3, -0.25) is 4.39 Å². The number of benzene rings is 1. The molecule has 1 aromatic carbocycles. The maximum absolute atomic E-state index is 13.1. The third-order valence-corrected chi connectivity index (χ3v) is 2.37. The average molecular weight is 325 g/mol. The molecule has 0 heterocycles. The van der Waals surface area contributed by atoms with Crippen LogP contribution in [0, 0.1) is 11.9 Å². The van der Waals surface area contributed by atoms with E-state index >= 15 is 0 Å². The van der Waals surface area contributed by atoms with E-state index in [1.807, 2.05) is 0 Å². The first-order chi connectivity index (χ1) is 7.36. The Hall–Kier alpha value is 0.0534. The van der Waals surface area contributed by atoms with Gasteiger partial charge in [0.25, 0.3) is 0 Å². The topological polar surface area (TPSA) is 9.23 Å². The minimum absolute atomic E-state index is 0.219. The van der Waals surface area contributed by atoms with Crippen molar-refractivity contribution in [3.05, 3.63) is 30.1 Å². The van der Waals surface area contributed by atoms with Gasteiger partial charge >= 0.3 is 30.0 Å². The molecule has 4 heteroatoms. The first-order valence-corrected chi connectivity index (χ1v) is 11.9. The van der Waals surface area contributed by atoms with Crippen molar-refractivity contribution >= 4 is 13.6 Å². The molecule has 1 aliphatic carbocycles. The Morgan fingerprint density at radius 2 is 2.07 bits per heavy atom. The SMILES string of the molecule is Fc1c[c-]ccc1OC1CCCC1.[Zn+][Br]. The van der Waals surface area contributed by atoms with E-state index in [0.29, 0.717) is 5.75 Å². The van der Waals surface area contributed by atoms with Crippen LogP contribution >= 0.6 is 13.6 Å². The number of hydrogen-bond donors (Lipinski definition) is 0. The molecule has 0 atom stereocenters. The molecule has 2 rings (SSSR count). The summed E-state index contributed by atoms with van der Waals surface area (Å²) in [5, 5.41) is 0. The molecule has 1 aromatic rings. The van der Waals surface area contributed by atoms with Crippen LogP contribution in [0.15, 0.2) is 18.2 Å². The summed E-state index contributed by atoms with van der Waals surface area (Å²) in [5.74, 6) is 0.0556. The van der Waals surface area contributed by atoms with Crippen LogP contribution in [-0.2, 0) is 16.3 Å². The minimum atomic E-state index is -0.311. The van der Waals surface area contributed by atoms with Crippen LogP contribution in [0.25, 0.3) is 0 Å². The summed E-state index contributed by atoms with van der Waals surface area (Å²) in [4.78, 5) is 0. The first-order valence-electron chi connectivity index (χ1n) is 4.95. The maximum atomic E-state index is 13.1. The van der Waals surface area contributed by atoms with Crippen molar-refractivity contribution in [1.82, 2.24) is 0 Å². The van der Waals surface area contributed by atoms with Crippen LogP contribution < -0.4 is 4.74 Å². The molecule has 0 amide bonds. The monoisotopic (exact) mass is 322 g/mol. The quantitative estimate of drug-likeness (QED) is 0.594. The predicted octanol–water partition coefficient (Wildman–Crippen LogP) is 3.79. The summed E-state index contributed by atoms with van der Waals surface area (Å²) in [6.07, 6.45) is 4.73. The second-order valence-electron chi connectivity index (χ2n) is 3.38. The van der Waals surface area contributed by atoms with Crippen LogP contribution in [0.1, 0.15) is 25.7 Å². The molecule has 0 N–H and O–H groups in total. The van der Waals surface area contributed by atoms with E-state index in [1.54, 1.807) is 12.1 Å². The zero-order valence-electron chi connectivity index (χ0n) is 8.51. The standard InChI is InChI=1S/C11H12FO.BrH.Zn/c12-10-7-3-4-8-11(10)13-9-5-1-2-6-9;;/h4,7-9H,1-2,5-6H2;1H;/q-1;;+2/p-1. The predicted molar refractivity (Wildman–Crippen MR) is 57.0 cm³/mol. The van der Waals surface area contributed by atoms with Crippen LogP contribution in [-0.4, -0.2) is 6.10 Å². The number of ether oxygens (including phenoxy) is 1. The van der Waals surface area contributed by atoms with E-state index in [1.165, 1.54) is 35.3 Å². The van der Waals surface area contributed by atoms with Crippen molar-refractivity contribution in [1.29, 1.82) is 0 Å². The van der Waals surface area contributed by atoms with Gasteiger partial charge in [0.1, 0.15) is 0 Å². The molecular formula is C11H12BrFOZn. The second kappa shape index (κ2) is 7.35. The van der Waals surface area contributed by atoms with E-state index in [-0.39, 0.29) is 11.9 Å². The van der Waals surface area contributed by atoms with Gasteiger partial charge in [-0.05, 0) is 25.7 Å². The van der Waals surface area contributed by atoms with Gasteiger partial charge in [0.2, 0.25) is 0 Å². The van der Waals surface area contributed by atoms with Crippen LogP contribution in [0.2, 0.25) is 0 Å². The molecule has 15 heavy (non-hydrogen) atoms. The molecule has 0 radical (unpaired) electrons. The van der Waals surface area contributed by atoms with Gasteiger partial charge in [0.15, 0.2) is 0 Å². The third kappa shape index (κ3) is 4.20. The zero-order chi connectivity index (χ0) is 11.1. The molecule has 78 valence electrons. The number of rotatable bonds is 2. The Balaban J connectivity index is 0.000000531. The van der Waals surface area contributed by atoms with E-state index < -0.39 is 0 Å². The number of halogens is 2. The Kier molecular flexibility index (Phi) is 6.43. The van der Waals surface area contributed by atoms with Gasteiger partial charge in [-0.15, -0.1) is 12.1 Å². The summed E-state index contributed by atoms with van der Waals surface area (Å²) in [6, 6.07) is 7.29. The fourth-order valence-corrected chi connectivity index (χ4v) is 1.68. The first kappa shape index (κ1) is 13.1. The van der Waals surface area contributed by atoms with Crippen LogP contribution in [0.3, 0.4) is 0 Å². The number of hydrogen-bond acceptors (Lipinski definition) is 1. The molecule has 0 unspecified atom stereocenters. The molecule has 1 fully saturated rings. The molecule has 0 aliphatic heterocycles. The van der Waals surface area contributed by atoms with Gasteiger partial charge in [-0.1, -0.05) is 0 Å². The van der Waals surface area contributed by atoms with Crippen molar-refractivity contribution in [2.24, 2.45) is 0 Å². The van der Waals surface area contributed by atoms with E-state index in [9.17, 15) is 4.39 Å². The normalized spacial score (nSPS) is 15.7. The van der Waals surface area contributed by atoms with Gasteiger partial charge in [0.05, 0.1) is 6.10 Å². The van der Waals surface area contributed by atoms with Crippen molar-refractivity contribution in [3.63, 3.8) is 0 Å². The molecule has 0 spiro atoms. The Morgan fingerprint density at radius 1 is 1.40 bits per heavy atom.